The average molecular weight is 270 g/mol. The fraction of sp³-hybridized carbons (Fsp3) is 0.471. The van der Waals surface area contributed by atoms with Crippen LogP contribution >= 0.6 is 0 Å². The number of aryl methyl sites for hydroxylation is 1. The van der Waals surface area contributed by atoms with Gasteiger partial charge in [0.1, 0.15) is 0 Å². The van der Waals surface area contributed by atoms with Gasteiger partial charge in [0.15, 0.2) is 0 Å². The predicted molar refractivity (Wildman–Crippen MR) is 82.9 cm³/mol. The van der Waals surface area contributed by atoms with E-state index in [2.05, 4.69) is 34.6 Å². The molecule has 3 rings (SSSR count). The van der Waals surface area contributed by atoms with Crippen molar-refractivity contribution in [3.05, 3.63) is 36.0 Å². The Morgan fingerprint density at radius 2 is 2.15 bits per heavy atom. The monoisotopic (exact) mass is 270 g/mol. The number of aliphatic hydroxyl groups is 1. The maximum Gasteiger partial charge on any atom is 0.0725 e. The van der Waals surface area contributed by atoms with Crippen LogP contribution in [0.3, 0.4) is 0 Å². The van der Waals surface area contributed by atoms with Gasteiger partial charge in [0.25, 0.3) is 0 Å². The smallest absolute Gasteiger partial charge is 0.0725 e. The van der Waals surface area contributed by atoms with Crippen molar-refractivity contribution in [2.45, 2.75) is 38.6 Å². The molecular formula is C17H22N2O. The summed E-state index contributed by atoms with van der Waals surface area (Å²) in [6.45, 7) is 2.33. The lowest BCUT2D eigenvalue weighted by Crippen LogP contribution is -2.24. The van der Waals surface area contributed by atoms with Crippen LogP contribution in [0.25, 0.3) is 10.9 Å². The summed E-state index contributed by atoms with van der Waals surface area (Å²) < 4.78 is 0. The first kappa shape index (κ1) is 13.4. The van der Waals surface area contributed by atoms with Crippen LogP contribution in [0.2, 0.25) is 0 Å². The fourth-order valence-electron chi connectivity index (χ4n) is 3.37. The Morgan fingerprint density at radius 3 is 3.00 bits per heavy atom. The SMILES string of the molecule is Cc1cc(NC2CCCC2CCO)c2ccccc2n1. The molecule has 106 valence electrons. The molecule has 1 aromatic heterocycles. The lowest BCUT2D eigenvalue weighted by atomic mass is 9.99. The van der Waals surface area contributed by atoms with E-state index in [1.54, 1.807) is 0 Å². The minimum atomic E-state index is 0.291. The van der Waals surface area contributed by atoms with Gasteiger partial charge in [0, 0.05) is 29.4 Å². The third-order valence-corrected chi connectivity index (χ3v) is 4.34. The molecule has 3 nitrogen and oxygen atoms in total. The zero-order chi connectivity index (χ0) is 13.9. The summed E-state index contributed by atoms with van der Waals surface area (Å²) in [5.41, 5.74) is 3.28. The first-order valence-corrected chi connectivity index (χ1v) is 7.51. The van der Waals surface area contributed by atoms with Crippen molar-refractivity contribution in [3.8, 4) is 0 Å². The largest absolute Gasteiger partial charge is 0.396 e. The van der Waals surface area contributed by atoms with Crippen LogP contribution in [-0.2, 0) is 0 Å². The molecule has 0 radical (unpaired) electrons. The summed E-state index contributed by atoms with van der Waals surface area (Å²) in [6.07, 6.45) is 4.57. The van der Waals surface area contributed by atoms with Crippen LogP contribution in [0, 0.1) is 12.8 Å². The molecule has 0 aliphatic heterocycles. The number of benzene rings is 1. The zero-order valence-corrected chi connectivity index (χ0v) is 12.0. The second kappa shape index (κ2) is 5.80. The van der Waals surface area contributed by atoms with E-state index in [-0.39, 0.29) is 0 Å². The highest BCUT2D eigenvalue weighted by Crippen LogP contribution is 2.33. The van der Waals surface area contributed by atoms with E-state index >= 15 is 0 Å². The van der Waals surface area contributed by atoms with E-state index in [0.29, 0.717) is 18.6 Å². The van der Waals surface area contributed by atoms with Crippen LogP contribution in [0.5, 0.6) is 0 Å². The van der Waals surface area contributed by atoms with Gasteiger partial charge in [-0.2, -0.15) is 0 Å². The predicted octanol–water partition coefficient (Wildman–Crippen LogP) is 3.51. The number of aliphatic hydroxyl groups excluding tert-OH is 1. The number of hydrogen-bond acceptors (Lipinski definition) is 3. The Morgan fingerprint density at radius 1 is 1.30 bits per heavy atom. The molecule has 0 amide bonds. The zero-order valence-electron chi connectivity index (χ0n) is 12.0. The molecule has 20 heavy (non-hydrogen) atoms. The minimum absolute atomic E-state index is 0.291. The molecule has 2 aromatic rings. The second-order valence-electron chi connectivity index (χ2n) is 5.78. The highest BCUT2D eigenvalue weighted by Gasteiger charge is 2.26. The number of anilines is 1. The van der Waals surface area contributed by atoms with Crippen LogP contribution in [-0.4, -0.2) is 22.7 Å². The Kier molecular flexibility index (Phi) is 3.88. The van der Waals surface area contributed by atoms with E-state index in [0.717, 1.165) is 17.6 Å². The first-order chi connectivity index (χ1) is 9.78. The van der Waals surface area contributed by atoms with Crippen LogP contribution < -0.4 is 5.32 Å². The quantitative estimate of drug-likeness (QED) is 0.893. The van der Waals surface area contributed by atoms with Gasteiger partial charge in [0.2, 0.25) is 0 Å². The van der Waals surface area contributed by atoms with Crippen molar-refractivity contribution in [2.75, 3.05) is 11.9 Å². The minimum Gasteiger partial charge on any atom is -0.396 e. The second-order valence-corrected chi connectivity index (χ2v) is 5.78. The number of nitrogens with one attached hydrogen (secondary N) is 1. The number of rotatable bonds is 4. The van der Waals surface area contributed by atoms with Gasteiger partial charge in [-0.15, -0.1) is 0 Å². The third kappa shape index (κ3) is 2.63. The maximum atomic E-state index is 9.19. The normalized spacial score (nSPS) is 22.3. The van der Waals surface area contributed by atoms with Crippen molar-refractivity contribution >= 4 is 16.6 Å². The summed E-state index contributed by atoms with van der Waals surface area (Å²) in [7, 11) is 0. The Hall–Kier alpha value is -1.61. The molecule has 0 spiro atoms. The number of pyridine rings is 1. The van der Waals surface area contributed by atoms with Gasteiger partial charge in [-0.05, 0) is 44.2 Å². The van der Waals surface area contributed by atoms with Crippen molar-refractivity contribution in [1.82, 2.24) is 4.98 Å². The molecule has 3 heteroatoms. The van der Waals surface area contributed by atoms with Crippen molar-refractivity contribution in [1.29, 1.82) is 0 Å². The van der Waals surface area contributed by atoms with E-state index in [1.807, 2.05) is 13.0 Å². The molecule has 1 aliphatic rings. The van der Waals surface area contributed by atoms with Gasteiger partial charge in [-0.1, -0.05) is 24.6 Å². The molecule has 1 heterocycles. The molecule has 1 aromatic carbocycles. The highest BCUT2D eigenvalue weighted by molar-refractivity contribution is 5.91. The summed E-state index contributed by atoms with van der Waals surface area (Å²) in [4.78, 5) is 4.59. The summed E-state index contributed by atoms with van der Waals surface area (Å²) in [5.74, 6) is 0.590. The summed E-state index contributed by atoms with van der Waals surface area (Å²) in [6, 6.07) is 10.9. The van der Waals surface area contributed by atoms with E-state index in [4.69, 9.17) is 0 Å². The molecule has 1 saturated carbocycles. The Labute approximate surface area is 120 Å². The highest BCUT2D eigenvalue weighted by atomic mass is 16.3. The molecule has 0 bridgehead atoms. The van der Waals surface area contributed by atoms with Crippen LogP contribution in [0.4, 0.5) is 5.69 Å². The molecule has 2 N–H and O–H groups in total. The number of hydrogen-bond donors (Lipinski definition) is 2. The van der Waals surface area contributed by atoms with Gasteiger partial charge in [-0.25, -0.2) is 0 Å². The maximum absolute atomic E-state index is 9.19. The topological polar surface area (TPSA) is 45.1 Å². The van der Waals surface area contributed by atoms with Crippen molar-refractivity contribution in [2.24, 2.45) is 5.92 Å². The van der Waals surface area contributed by atoms with E-state index in [1.165, 1.54) is 30.3 Å². The van der Waals surface area contributed by atoms with Crippen molar-refractivity contribution in [3.63, 3.8) is 0 Å². The Bertz CT molecular complexity index is 597. The fourth-order valence-corrected chi connectivity index (χ4v) is 3.37. The third-order valence-electron chi connectivity index (χ3n) is 4.34. The molecule has 0 saturated heterocycles. The van der Waals surface area contributed by atoms with E-state index < -0.39 is 0 Å². The van der Waals surface area contributed by atoms with Gasteiger partial charge >= 0.3 is 0 Å². The lowest BCUT2D eigenvalue weighted by Gasteiger charge is -2.22. The molecule has 2 atom stereocenters. The molecule has 2 unspecified atom stereocenters. The number of aromatic nitrogens is 1. The van der Waals surface area contributed by atoms with Gasteiger partial charge < -0.3 is 10.4 Å². The lowest BCUT2D eigenvalue weighted by molar-refractivity contribution is 0.254. The summed E-state index contributed by atoms with van der Waals surface area (Å²) in [5, 5.41) is 14.1. The standard InChI is InChI=1S/C17H22N2O/c1-12-11-17(14-6-2-3-7-16(14)18-12)19-15-8-4-5-13(15)9-10-20/h2-3,6-7,11,13,15,20H,4-5,8-10H2,1H3,(H,18,19). The molecule has 1 fully saturated rings. The number of nitrogens with zero attached hydrogens (tertiary/aromatic N) is 1. The first-order valence-electron chi connectivity index (χ1n) is 7.51. The van der Waals surface area contributed by atoms with Crippen molar-refractivity contribution < 1.29 is 5.11 Å². The Balaban J connectivity index is 1.90. The number of para-hydroxylation sites is 1. The van der Waals surface area contributed by atoms with Gasteiger partial charge in [0.05, 0.1) is 5.52 Å². The average Bonchev–Trinajstić information content (AvgIpc) is 2.86. The van der Waals surface area contributed by atoms with Crippen LogP contribution in [0.1, 0.15) is 31.4 Å². The summed E-state index contributed by atoms with van der Waals surface area (Å²) >= 11 is 0. The van der Waals surface area contributed by atoms with Crippen LogP contribution in [0.15, 0.2) is 30.3 Å². The molecular weight excluding hydrogens is 248 g/mol. The molecule has 1 aliphatic carbocycles. The number of fused-ring (bicyclic) bond motifs is 1. The van der Waals surface area contributed by atoms with E-state index in [9.17, 15) is 5.11 Å². The van der Waals surface area contributed by atoms with Gasteiger partial charge in [-0.3, -0.25) is 4.98 Å².